The zero-order valence-corrected chi connectivity index (χ0v) is 15.4. The first-order valence-electron chi connectivity index (χ1n) is 8.64. The Morgan fingerprint density at radius 1 is 1.21 bits per heavy atom. The van der Waals surface area contributed by atoms with Crippen LogP contribution in [0, 0.1) is 13.8 Å². The summed E-state index contributed by atoms with van der Waals surface area (Å²) in [6.07, 6.45) is 9.50. The van der Waals surface area contributed by atoms with Crippen molar-refractivity contribution in [3.05, 3.63) is 17.0 Å². The van der Waals surface area contributed by atoms with Crippen LogP contribution < -0.4 is 5.32 Å². The number of fused-ring (bicyclic) bond motifs is 1. The van der Waals surface area contributed by atoms with Crippen LogP contribution in [0.5, 0.6) is 0 Å². The first-order valence-corrected chi connectivity index (χ1v) is 9.87. The minimum absolute atomic E-state index is 0.0828. The minimum Gasteiger partial charge on any atom is -0.353 e. The number of amides is 1. The number of aryl methyl sites for hydroxylation is 2. The van der Waals surface area contributed by atoms with Gasteiger partial charge in [-0.3, -0.25) is 4.79 Å². The number of nitrogens with one attached hydrogen (secondary N) is 1. The van der Waals surface area contributed by atoms with E-state index in [0.29, 0.717) is 23.4 Å². The summed E-state index contributed by atoms with van der Waals surface area (Å²) in [5, 5.41) is 8.35. The van der Waals surface area contributed by atoms with E-state index in [0.717, 1.165) is 29.8 Å². The van der Waals surface area contributed by atoms with Gasteiger partial charge in [0.05, 0.1) is 6.42 Å². The number of hydrogen-bond acceptors (Lipinski definition) is 5. The predicted molar refractivity (Wildman–Crippen MR) is 95.4 cm³/mol. The normalized spacial score (nSPS) is 16.3. The molecular weight excluding hydrogens is 322 g/mol. The molecule has 2 aromatic rings. The molecule has 0 atom stereocenters. The van der Waals surface area contributed by atoms with Gasteiger partial charge in [0.1, 0.15) is 0 Å². The quantitative estimate of drug-likeness (QED) is 0.680. The van der Waals surface area contributed by atoms with Crippen LogP contribution >= 0.6 is 11.8 Å². The molecule has 0 spiro atoms. The second-order valence-electron chi connectivity index (χ2n) is 6.50. The first-order chi connectivity index (χ1) is 11.6. The molecular formula is C17H25N5OS. The Balaban J connectivity index is 1.77. The average molecular weight is 347 g/mol. The van der Waals surface area contributed by atoms with E-state index in [1.165, 1.54) is 37.4 Å². The third-order valence-corrected chi connectivity index (χ3v) is 5.31. The number of hydrogen-bond donors (Lipinski definition) is 1. The van der Waals surface area contributed by atoms with Crippen LogP contribution in [0.2, 0.25) is 0 Å². The molecule has 0 aliphatic heterocycles. The van der Waals surface area contributed by atoms with Gasteiger partial charge in [0.15, 0.2) is 0 Å². The summed E-state index contributed by atoms with van der Waals surface area (Å²) < 4.78 is 1.74. The van der Waals surface area contributed by atoms with Gasteiger partial charge in [0, 0.05) is 23.0 Å². The van der Waals surface area contributed by atoms with Crippen molar-refractivity contribution >= 4 is 23.4 Å². The van der Waals surface area contributed by atoms with Gasteiger partial charge in [-0.25, -0.2) is 9.50 Å². The van der Waals surface area contributed by atoms with Gasteiger partial charge in [-0.1, -0.05) is 37.4 Å². The zero-order chi connectivity index (χ0) is 17.1. The Morgan fingerprint density at radius 3 is 2.58 bits per heavy atom. The highest BCUT2D eigenvalue weighted by Gasteiger charge is 2.19. The molecule has 1 fully saturated rings. The first kappa shape index (κ1) is 17.2. The van der Waals surface area contributed by atoms with Crippen LogP contribution in [-0.4, -0.2) is 37.8 Å². The number of nitrogens with zero attached hydrogens (tertiary/aromatic N) is 4. The highest BCUT2D eigenvalue weighted by Crippen LogP contribution is 2.19. The second kappa shape index (κ2) is 7.51. The molecule has 1 N–H and O–H groups in total. The smallest absolute Gasteiger partial charge is 0.253 e. The fourth-order valence-electron chi connectivity index (χ4n) is 3.40. The number of rotatable bonds is 4. The molecule has 6 nitrogen and oxygen atoms in total. The number of aromatic nitrogens is 4. The van der Waals surface area contributed by atoms with Gasteiger partial charge < -0.3 is 5.32 Å². The van der Waals surface area contributed by atoms with E-state index in [2.05, 4.69) is 20.4 Å². The lowest BCUT2D eigenvalue weighted by Gasteiger charge is -2.17. The lowest BCUT2D eigenvalue weighted by atomic mass is 10.1. The zero-order valence-electron chi connectivity index (χ0n) is 14.6. The maximum absolute atomic E-state index is 12.5. The molecule has 3 rings (SSSR count). The molecule has 1 aliphatic rings. The van der Waals surface area contributed by atoms with Gasteiger partial charge in [-0.05, 0) is 32.9 Å². The van der Waals surface area contributed by atoms with Crippen LogP contribution in [0.1, 0.15) is 55.5 Å². The molecule has 0 aromatic carbocycles. The maximum Gasteiger partial charge on any atom is 0.253 e. The van der Waals surface area contributed by atoms with Crippen LogP contribution in [-0.2, 0) is 11.2 Å². The fourth-order valence-corrected chi connectivity index (χ4v) is 3.73. The Bertz CT molecular complexity index is 734. The van der Waals surface area contributed by atoms with Crippen molar-refractivity contribution in [2.24, 2.45) is 0 Å². The molecule has 0 unspecified atom stereocenters. The molecule has 1 saturated carbocycles. The Morgan fingerprint density at radius 2 is 1.92 bits per heavy atom. The average Bonchev–Trinajstić information content (AvgIpc) is 2.80. The van der Waals surface area contributed by atoms with Crippen molar-refractivity contribution in [1.29, 1.82) is 0 Å². The summed E-state index contributed by atoms with van der Waals surface area (Å²) in [4.78, 5) is 21.4. The summed E-state index contributed by atoms with van der Waals surface area (Å²) in [5.74, 6) is 0.682. The molecule has 0 saturated heterocycles. The van der Waals surface area contributed by atoms with Gasteiger partial charge in [-0.15, -0.1) is 5.10 Å². The van der Waals surface area contributed by atoms with Crippen molar-refractivity contribution in [3.8, 4) is 0 Å². The van der Waals surface area contributed by atoms with Crippen molar-refractivity contribution in [3.63, 3.8) is 0 Å². The van der Waals surface area contributed by atoms with Crippen molar-refractivity contribution in [2.45, 2.75) is 70.0 Å². The summed E-state index contributed by atoms with van der Waals surface area (Å²) in [6, 6.07) is 0.326. The van der Waals surface area contributed by atoms with Gasteiger partial charge >= 0.3 is 0 Å². The fraction of sp³-hybridized carbons (Fsp3) is 0.647. The van der Waals surface area contributed by atoms with Crippen LogP contribution in [0.3, 0.4) is 0 Å². The summed E-state index contributed by atoms with van der Waals surface area (Å²) in [5.41, 5.74) is 2.75. The highest BCUT2D eigenvalue weighted by atomic mass is 32.2. The van der Waals surface area contributed by atoms with Crippen LogP contribution in [0.25, 0.3) is 5.78 Å². The van der Waals surface area contributed by atoms with Crippen molar-refractivity contribution in [1.82, 2.24) is 24.9 Å². The highest BCUT2D eigenvalue weighted by molar-refractivity contribution is 7.98. The monoisotopic (exact) mass is 347 g/mol. The second-order valence-corrected chi connectivity index (χ2v) is 7.28. The van der Waals surface area contributed by atoms with E-state index in [1.807, 2.05) is 20.1 Å². The molecule has 2 aromatic heterocycles. The summed E-state index contributed by atoms with van der Waals surface area (Å²) in [6.45, 7) is 3.92. The summed E-state index contributed by atoms with van der Waals surface area (Å²) in [7, 11) is 0. The third kappa shape index (κ3) is 3.71. The van der Waals surface area contributed by atoms with E-state index in [9.17, 15) is 4.79 Å². The largest absolute Gasteiger partial charge is 0.353 e. The van der Waals surface area contributed by atoms with E-state index < -0.39 is 0 Å². The Hall–Kier alpha value is -1.63. The lowest BCUT2D eigenvalue weighted by Crippen LogP contribution is -2.35. The molecule has 1 amide bonds. The maximum atomic E-state index is 12.5. The SMILES string of the molecule is CSc1nc2nc(C)c(CC(=O)NC3CCCCCC3)c(C)n2n1. The Labute approximate surface area is 146 Å². The third-order valence-electron chi connectivity index (χ3n) is 4.77. The molecule has 0 bridgehead atoms. The van der Waals surface area contributed by atoms with E-state index in [1.54, 1.807) is 4.52 Å². The summed E-state index contributed by atoms with van der Waals surface area (Å²) >= 11 is 1.49. The van der Waals surface area contributed by atoms with E-state index in [4.69, 9.17) is 0 Å². The topological polar surface area (TPSA) is 72.2 Å². The Kier molecular flexibility index (Phi) is 5.38. The van der Waals surface area contributed by atoms with E-state index in [-0.39, 0.29) is 5.91 Å². The van der Waals surface area contributed by atoms with Crippen LogP contribution in [0.15, 0.2) is 5.16 Å². The standard InChI is InChI=1S/C17H25N5OS/c1-11-14(10-15(23)19-13-8-6-4-5-7-9-13)12(2)22-16(18-11)20-17(21-22)24-3/h13H,4-10H2,1-3H3,(H,19,23). The van der Waals surface area contributed by atoms with E-state index >= 15 is 0 Å². The number of carbonyl (C=O) groups excluding carboxylic acids is 1. The molecule has 0 radical (unpaired) electrons. The molecule has 7 heteroatoms. The van der Waals surface area contributed by atoms with Crippen molar-refractivity contribution in [2.75, 3.05) is 6.26 Å². The molecule has 24 heavy (non-hydrogen) atoms. The van der Waals surface area contributed by atoms with Gasteiger partial charge in [0.25, 0.3) is 5.78 Å². The number of carbonyl (C=O) groups is 1. The molecule has 1 aliphatic carbocycles. The minimum atomic E-state index is 0.0828. The molecule has 130 valence electrons. The van der Waals surface area contributed by atoms with Crippen molar-refractivity contribution < 1.29 is 4.79 Å². The predicted octanol–water partition coefficient (Wildman–Crippen LogP) is 2.84. The number of thioether (sulfide) groups is 1. The van der Waals surface area contributed by atoms with Gasteiger partial charge in [-0.2, -0.15) is 4.98 Å². The lowest BCUT2D eigenvalue weighted by molar-refractivity contribution is -0.121. The van der Waals surface area contributed by atoms with Gasteiger partial charge in [0.2, 0.25) is 11.1 Å². The molecule has 2 heterocycles. The van der Waals surface area contributed by atoms with Crippen LogP contribution in [0.4, 0.5) is 0 Å².